The zero-order valence-corrected chi connectivity index (χ0v) is 19.8. The minimum atomic E-state index is 0.863. The van der Waals surface area contributed by atoms with Crippen molar-refractivity contribution in [1.82, 2.24) is 45.3 Å². The second-order valence-corrected chi connectivity index (χ2v) is 8.67. The number of hydrogen-bond acceptors (Lipinski definition) is 5. The van der Waals surface area contributed by atoms with E-state index in [-0.39, 0.29) is 0 Å². The molecule has 0 fully saturated rings. The molecule has 0 saturated carbocycles. The number of halogens is 1. The van der Waals surface area contributed by atoms with Crippen LogP contribution in [-0.2, 0) is 0 Å². The Bertz CT molecular complexity index is 1700. The monoisotopic (exact) mass is 523 g/mol. The van der Waals surface area contributed by atoms with Crippen molar-refractivity contribution in [3.63, 3.8) is 0 Å². The van der Waals surface area contributed by atoms with Crippen LogP contribution in [0.25, 0.3) is 55.7 Å². The Balaban J connectivity index is 0.000000136. The lowest BCUT2D eigenvalue weighted by molar-refractivity contribution is 1.10. The van der Waals surface area contributed by atoms with E-state index in [1.165, 1.54) is 0 Å². The third kappa shape index (κ3) is 4.11. The van der Waals surface area contributed by atoms with Crippen molar-refractivity contribution in [1.29, 1.82) is 0 Å². The summed E-state index contributed by atoms with van der Waals surface area (Å²) in [6.07, 6.45) is 14.6. The molecular weight excluding hydrogens is 506 g/mol. The minimum absolute atomic E-state index is 0.863. The maximum Gasteiger partial charge on any atom is 0.137 e. The molecule has 0 saturated heterocycles. The van der Waals surface area contributed by atoms with Crippen LogP contribution in [0.5, 0.6) is 0 Å². The number of H-pyrrole nitrogens is 4. The van der Waals surface area contributed by atoms with Crippen LogP contribution in [0.15, 0.2) is 90.4 Å². The second-order valence-electron chi connectivity index (χ2n) is 7.76. The lowest BCUT2D eigenvalue weighted by Gasteiger charge is -2.01. The predicted octanol–water partition coefficient (Wildman–Crippen LogP) is 5.73. The number of rotatable bonds is 3. The van der Waals surface area contributed by atoms with Gasteiger partial charge in [-0.1, -0.05) is 6.07 Å². The normalized spacial score (nSPS) is 11.0. The summed E-state index contributed by atoms with van der Waals surface area (Å²) in [6, 6.07) is 12.0. The van der Waals surface area contributed by atoms with Gasteiger partial charge in [-0.25, -0.2) is 9.97 Å². The highest BCUT2D eigenvalue weighted by atomic mass is 79.9. The molecule has 7 aromatic rings. The molecule has 0 bridgehead atoms. The zero-order chi connectivity index (χ0) is 23.6. The summed E-state index contributed by atoms with van der Waals surface area (Å²) in [6.45, 7) is 0. The van der Waals surface area contributed by atoms with Gasteiger partial charge in [0.15, 0.2) is 0 Å². The van der Waals surface area contributed by atoms with E-state index < -0.39 is 0 Å². The molecular formula is C25H18BrN9. The number of aromatic nitrogens is 9. The van der Waals surface area contributed by atoms with Crippen LogP contribution < -0.4 is 0 Å². The smallest absolute Gasteiger partial charge is 0.137 e. The average Bonchev–Trinajstić information content (AvgIpc) is 3.70. The Morgan fingerprint density at radius 3 is 1.91 bits per heavy atom. The molecule has 0 unspecified atom stereocenters. The number of pyridine rings is 3. The van der Waals surface area contributed by atoms with Gasteiger partial charge in [0.2, 0.25) is 0 Å². The topological polar surface area (TPSA) is 128 Å². The maximum absolute atomic E-state index is 4.47. The first-order chi connectivity index (χ1) is 17.3. The van der Waals surface area contributed by atoms with E-state index in [0.29, 0.717) is 0 Å². The third-order valence-electron chi connectivity index (χ3n) is 5.61. The molecule has 4 N–H and O–H groups in total. The molecule has 7 rings (SSSR count). The van der Waals surface area contributed by atoms with Gasteiger partial charge in [-0.05, 0) is 46.3 Å². The number of nitrogens with one attached hydrogen (secondary N) is 4. The molecule has 10 heteroatoms. The van der Waals surface area contributed by atoms with Gasteiger partial charge >= 0.3 is 0 Å². The first-order valence-electron chi connectivity index (χ1n) is 10.8. The molecule has 0 atom stereocenters. The van der Waals surface area contributed by atoms with Gasteiger partial charge in [0, 0.05) is 87.1 Å². The van der Waals surface area contributed by atoms with Crippen molar-refractivity contribution in [2.75, 3.05) is 0 Å². The molecule has 0 aliphatic carbocycles. The van der Waals surface area contributed by atoms with E-state index in [1.54, 1.807) is 24.8 Å². The molecule has 0 aliphatic rings. The summed E-state index contributed by atoms with van der Waals surface area (Å²) in [7, 11) is 0. The Kier molecular flexibility index (Phi) is 5.39. The second kappa shape index (κ2) is 8.99. The fraction of sp³-hybridized carbons (Fsp3) is 0. The van der Waals surface area contributed by atoms with Crippen LogP contribution in [0.1, 0.15) is 0 Å². The lowest BCUT2D eigenvalue weighted by atomic mass is 10.1. The quantitative estimate of drug-likeness (QED) is 0.235. The summed E-state index contributed by atoms with van der Waals surface area (Å²) in [5, 5.41) is 16.0. The van der Waals surface area contributed by atoms with Gasteiger partial charge < -0.3 is 9.97 Å². The summed E-state index contributed by atoms with van der Waals surface area (Å²) >= 11 is 3.41. The number of hydrogen-bond donors (Lipinski definition) is 4. The van der Waals surface area contributed by atoms with Crippen LogP contribution >= 0.6 is 15.9 Å². The highest BCUT2D eigenvalue weighted by Gasteiger charge is 2.10. The van der Waals surface area contributed by atoms with Crippen molar-refractivity contribution in [3.8, 4) is 33.6 Å². The van der Waals surface area contributed by atoms with Crippen molar-refractivity contribution in [2.24, 2.45) is 0 Å². The fourth-order valence-electron chi connectivity index (χ4n) is 3.93. The Morgan fingerprint density at radius 1 is 0.657 bits per heavy atom. The third-order valence-corrected chi connectivity index (χ3v) is 6.04. The lowest BCUT2D eigenvalue weighted by Crippen LogP contribution is -1.83. The summed E-state index contributed by atoms with van der Waals surface area (Å²) in [5.74, 6) is 0. The number of fused-ring (bicyclic) bond motifs is 2. The molecule has 35 heavy (non-hydrogen) atoms. The van der Waals surface area contributed by atoms with Gasteiger partial charge in [0.1, 0.15) is 11.3 Å². The van der Waals surface area contributed by atoms with E-state index in [0.717, 1.165) is 60.2 Å². The van der Waals surface area contributed by atoms with E-state index in [1.807, 2.05) is 55.1 Å². The van der Waals surface area contributed by atoms with E-state index in [4.69, 9.17) is 0 Å². The largest absolute Gasteiger partial charge is 0.345 e. The average molecular weight is 524 g/mol. The predicted molar refractivity (Wildman–Crippen MR) is 138 cm³/mol. The van der Waals surface area contributed by atoms with Crippen molar-refractivity contribution < 1.29 is 0 Å². The number of aromatic amines is 4. The molecule has 0 amide bonds. The van der Waals surface area contributed by atoms with Crippen molar-refractivity contribution >= 4 is 38.0 Å². The van der Waals surface area contributed by atoms with Crippen LogP contribution in [0.2, 0.25) is 0 Å². The molecule has 7 aromatic heterocycles. The highest BCUT2D eigenvalue weighted by molar-refractivity contribution is 9.10. The van der Waals surface area contributed by atoms with Gasteiger partial charge in [0.25, 0.3) is 0 Å². The van der Waals surface area contributed by atoms with Gasteiger partial charge in [-0.3, -0.25) is 15.2 Å². The van der Waals surface area contributed by atoms with E-state index >= 15 is 0 Å². The molecule has 9 nitrogen and oxygen atoms in total. The Hall–Kier alpha value is -4.57. The Morgan fingerprint density at radius 2 is 1.31 bits per heavy atom. The fourth-order valence-corrected chi connectivity index (χ4v) is 4.26. The van der Waals surface area contributed by atoms with Gasteiger partial charge in [-0.2, -0.15) is 10.2 Å². The molecule has 0 radical (unpaired) electrons. The summed E-state index contributed by atoms with van der Waals surface area (Å²) in [5.41, 5.74) is 7.95. The van der Waals surface area contributed by atoms with Gasteiger partial charge in [-0.15, -0.1) is 0 Å². The standard InChI is InChI=1S/C15H11N5.C10H7BrN4/c1-2-10(7-16-4-1)11-6-12-13(14-3-5-19-20-14)9-18-15(12)17-8-11;11-6-3-7-8(9-1-2-14-15-9)5-13-10(7)12-4-6/h1-9H,(H,17,18)(H,19,20);1-5H,(H,12,13)(H,14,15). The molecule has 7 heterocycles. The molecule has 0 aliphatic heterocycles. The van der Waals surface area contributed by atoms with Gasteiger partial charge in [0.05, 0.1) is 11.4 Å². The first-order valence-corrected chi connectivity index (χ1v) is 11.6. The van der Waals surface area contributed by atoms with Crippen molar-refractivity contribution in [2.45, 2.75) is 0 Å². The molecule has 0 spiro atoms. The SMILES string of the molecule is Brc1cnc2[nH]cc(-c3ccn[nH]3)c2c1.c1cncc(-c2cnc3[nH]cc(-c4ccn[nH]4)c3c2)c1. The zero-order valence-electron chi connectivity index (χ0n) is 18.2. The number of nitrogens with zero attached hydrogens (tertiary/aromatic N) is 5. The van der Waals surface area contributed by atoms with E-state index in [2.05, 4.69) is 67.3 Å². The van der Waals surface area contributed by atoms with Crippen molar-refractivity contribution in [3.05, 3.63) is 90.4 Å². The highest BCUT2D eigenvalue weighted by Crippen LogP contribution is 2.30. The Labute approximate surface area is 207 Å². The van der Waals surface area contributed by atoms with Crippen LogP contribution in [0.4, 0.5) is 0 Å². The van der Waals surface area contributed by atoms with Crippen LogP contribution in [-0.4, -0.2) is 45.3 Å². The van der Waals surface area contributed by atoms with Crippen LogP contribution in [0.3, 0.4) is 0 Å². The summed E-state index contributed by atoms with van der Waals surface area (Å²) < 4.78 is 0.968. The first kappa shape index (κ1) is 21.0. The molecule has 0 aromatic carbocycles. The summed E-state index contributed by atoms with van der Waals surface area (Å²) in [4.78, 5) is 19.2. The molecule has 170 valence electrons. The van der Waals surface area contributed by atoms with E-state index in [9.17, 15) is 0 Å². The van der Waals surface area contributed by atoms with Crippen LogP contribution in [0, 0.1) is 0 Å². The maximum atomic E-state index is 4.47. The minimum Gasteiger partial charge on any atom is -0.345 e.